The molecule has 1 N–H and O–H groups in total. The fraction of sp³-hybridized carbons (Fsp3) is 0.458. The molecule has 2 saturated carbocycles. The van der Waals surface area contributed by atoms with Gasteiger partial charge in [0.1, 0.15) is 6.26 Å². The Hall–Kier alpha value is -2.51. The summed E-state index contributed by atoms with van der Waals surface area (Å²) in [6.45, 7) is 1.94. The maximum Gasteiger partial charge on any atom is 0.277 e. The monoisotopic (exact) mass is 488 g/mol. The molecule has 0 unspecified atom stereocenters. The molecule has 174 valence electrons. The zero-order valence-electron chi connectivity index (χ0n) is 18.7. The average molecular weight is 489 g/mol. The van der Waals surface area contributed by atoms with E-state index in [0.29, 0.717) is 26.9 Å². The zero-order chi connectivity index (χ0) is 23.3. The standard InChI is InChI=1S/C24H26Cl2N4O3/c1-13-19(24(32)30(29(13)2)15-6-4-3-5-7-15)16-12-18(27-23(31)17-10-11-33-28-17)22(26)20(21(16)25)14-8-9-14/h10-12,14-15H,3-9H2,1-2H3,(H,27,31). The maximum absolute atomic E-state index is 13.7. The lowest BCUT2D eigenvalue weighted by atomic mass is 9.95. The van der Waals surface area contributed by atoms with E-state index in [4.69, 9.17) is 27.7 Å². The molecule has 0 aliphatic heterocycles. The van der Waals surface area contributed by atoms with Gasteiger partial charge in [-0.25, -0.2) is 4.68 Å². The largest absolute Gasteiger partial charge is 0.364 e. The third kappa shape index (κ3) is 3.91. The van der Waals surface area contributed by atoms with Gasteiger partial charge in [0.15, 0.2) is 5.69 Å². The fourth-order valence-electron chi connectivity index (χ4n) is 4.95. The van der Waals surface area contributed by atoms with Crippen molar-refractivity contribution in [2.24, 2.45) is 7.05 Å². The molecule has 2 heterocycles. The van der Waals surface area contributed by atoms with E-state index in [-0.39, 0.29) is 23.2 Å². The van der Waals surface area contributed by atoms with Crippen molar-refractivity contribution in [3.63, 3.8) is 0 Å². The number of rotatable bonds is 5. The van der Waals surface area contributed by atoms with E-state index in [2.05, 4.69) is 10.5 Å². The van der Waals surface area contributed by atoms with Crippen LogP contribution in [0.25, 0.3) is 11.1 Å². The number of aromatic nitrogens is 3. The lowest BCUT2D eigenvalue weighted by Crippen LogP contribution is -2.28. The Labute approximate surface area is 201 Å². The Morgan fingerprint density at radius 3 is 2.52 bits per heavy atom. The molecule has 2 aliphatic carbocycles. The van der Waals surface area contributed by atoms with Crippen LogP contribution in [0.5, 0.6) is 0 Å². The van der Waals surface area contributed by atoms with Gasteiger partial charge < -0.3 is 9.84 Å². The summed E-state index contributed by atoms with van der Waals surface area (Å²) in [5, 5.41) is 7.42. The third-order valence-corrected chi connectivity index (χ3v) is 7.74. The van der Waals surface area contributed by atoms with Gasteiger partial charge in [0, 0.05) is 24.4 Å². The van der Waals surface area contributed by atoms with Gasteiger partial charge in [0.05, 0.1) is 27.3 Å². The lowest BCUT2D eigenvalue weighted by Gasteiger charge is -2.24. The van der Waals surface area contributed by atoms with Crippen molar-refractivity contribution in [1.82, 2.24) is 14.5 Å². The third-order valence-electron chi connectivity index (χ3n) is 6.92. The molecule has 2 aromatic heterocycles. The maximum atomic E-state index is 13.7. The number of hydrogen-bond donors (Lipinski definition) is 1. The first-order chi connectivity index (χ1) is 15.9. The van der Waals surface area contributed by atoms with E-state index in [9.17, 15) is 9.59 Å². The highest BCUT2D eigenvalue weighted by molar-refractivity contribution is 6.40. The second kappa shape index (κ2) is 8.69. The van der Waals surface area contributed by atoms with Crippen molar-refractivity contribution in [1.29, 1.82) is 0 Å². The minimum atomic E-state index is -0.440. The van der Waals surface area contributed by atoms with Crippen LogP contribution in [-0.4, -0.2) is 20.4 Å². The van der Waals surface area contributed by atoms with Crippen LogP contribution in [0.15, 0.2) is 27.7 Å². The van der Waals surface area contributed by atoms with E-state index in [1.54, 1.807) is 6.07 Å². The van der Waals surface area contributed by atoms with Crippen molar-refractivity contribution in [3.05, 3.63) is 55.7 Å². The molecular formula is C24H26Cl2N4O3. The highest BCUT2D eigenvalue weighted by Gasteiger charge is 2.33. The van der Waals surface area contributed by atoms with E-state index in [0.717, 1.165) is 49.8 Å². The van der Waals surface area contributed by atoms with Gasteiger partial charge in [-0.1, -0.05) is 47.6 Å². The molecule has 5 rings (SSSR count). The predicted molar refractivity (Wildman–Crippen MR) is 128 cm³/mol. The highest BCUT2D eigenvalue weighted by atomic mass is 35.5. The van der Waals surface area contributed by atoms with E-state index in [1.165, 1.54) is 18.8 Å². The first-order valence-corrected chi connectivity index (χ1v) is 12.2. The molecule has 0 saturated heterocycles. The number of hydrogen-bond acceptors (Lipinski definition) is 4. The number of carbonyl (C=O) groups is 1. The van der Waals surface area contributed by atoms with E-state index < -0.39 is 5.91 Å². The molecular weight excluding hydrogens is 463 g/mol. The van der Waals surface area contributed by atoms with Crippen molar-refractivity contribution < 1.29 is 9.32 Å². The Morgan fingerprint density at radius 2 is 1.88 bits per heavy atom. The molecule has 0 bridgehead atoms. The molecule has 0 radical (unpaired) electrons. The molecule has 33 heavy (non-hydrogen) atoms. The summed E-state index contributed by atoms with van der Waals surface area (Å²) in [4.78, 5) is 26.4. The van der Waals surface area contributed by atoms with E-state index >= 15 is 0 Å². The summed E-state index contributed by atoms with van der Waals surface area (Å²) < 4.78 is 8.60. The van der Waals surface area contributed by atoms with Crippen molar-refractivity contribution >= 4 is 34.8 Å². The molecule has 1 aromatic carbocycles. The minimum absolute atomic E-state index is 0.0540. The summed E-state index contributed by atoms with van der Waals surface area (Å²) in [5.41, 5.74) is 3.30. The summed E-state index contributed by atoms with van der Waals surface area (Å²) >= 11 is 13.6. The number of benzene rings is 1. The van der Waals surface area contributed by atoms with Crippen LogP contribution in [-0.2, 0) is 7.05 Å². The Bertz CT molecular complexity index is 1270. The van der Waals surface area contributed by atoms with Crippen molar-refractivity contribution in [2.45, 2.75) is 63.8 Å². The molecule has 0 atom stereocenters. The van der Waals surface area contributed by atoms with Gasteiger partial charge in [-0.05, 0) is 50.2 Å². The molecule has 2 fully saturated rings. The molecule has 9 heteroatoms. The first kappa shape index (κ1) is 22.3. The van der Waals surface area contributed by atoms with Crippen LogP contribution >= 0.6 is 23.2 Å². The summed E-state index contributed by atoms with van der Waals surface area (Å²) in [6.07, 6.45) is 8.74. The van der Waals surface area contributed by atoms with Crippen molar-refractivity contribution in [3.8, 4) is 11.1 Å². The highest BCUT2D eigenvalue weighted by Crippen LogP contribution is 2.51. The zero-order valence-corrected chi connectivity index (χ0v) is 20.2. The van der Waals surface area contributed by atoms with Gasteiger partial charge in [0.25, 0.3) is 11.5 Å². The topological polar surface area (TPSA) is 82.1 Å². The Kier molecular flexibility index (Phi) is 5.87. The fourth-order valence-corrected chi connectivity index (χ4v) is 5.75. The molecule has 0 spiro atoms. The molecule has 2 aliphatic rings. The Morgan fingerprint density at radius 1 is 1.15 bits per heavy atom. The van der Waals surface area contributed by atoms with Crippen LogP contribution in [0.4, 0.5) is 5.69 Å². The van der Waals surface area contributed by atoms with Crippen LogP contribution < -0.4 is 10.9 Å². The number of nitrogens with one attached hydrogen (secondary N) is 1. The minimum Gasteiger partial charge on any atom is -0.364 e. The Balaban J connectivity index is 1.65. The second-order valence-corrected chi connectivity index (χ2v) is 9.81. The molecule has 1 amide bonds. The SMILES string of the molecule is Cc1c(-c2cc(NC(=O)c3ccon3)c(Cl)c(C3CC3)c2Cl)c(=O)n(C2CCCCC2)n1C. The summed E-state index contributed by atoms with van der Waals surface area (Å²) in [7, 11) is 1.92. The summed E-state index contributed by atoms with van der Waals surface area (Å²) in [5.74, 6) is -0.220. The second-order valence-electron chi connectivity index (χ2n) is 9.05. The number of amides is 1. The van der Waals surface area contributed by atoms with Gasteiger partial charge in [-0.3, -0.25) is 14.3 Å². The molecule has 3 aromatic rings. The van der Waals surface area contributed by atoms with Gasteiger partial charge >= 0.3 is 0 Å². The molecule has 7 nitrogen and oxygen atoms in total. The van der Waals surface area contributed by atoms with Crippen LogP contribution in [0.2, 0.25) is 10.0 Å². The first-order valence-electron chi connectivity index (χ1n) is 11.4. The number of carbonyl (C=O) groups excluding carboxylic acids is 1. The van der Waals surface area contributed by atoms with E-state index in [1.807, 2.05) is 23.3 Å². The van der Waals surface area contributed by atoms with Gasteiger partial charge in [0.2, 0.25) is 0 Å². The van der Waals surface area contributed by atoms with Crippen LogP contribution in [0, 0.1) is 6.92 Å². The average Bonchev–Trinajstić information content (AvgIpc) is 3.42. The van der Waals surface area contributed by atoms with Crippen LogP contribution in [0.3, 0.4) is 0 Å². The predicted octanol–water partition coefficient (Wildman–Crippen LogP) is 6.09. The number of halogens is 2. The smallest absolute Gasteiger partial charge is 0.277 e. The van der Waals surface area contributed by atoms with Crippen molar-refractivity contribution in [2.75, 3.05) is 5.32 Å². The summed E-state index contributed by atoms with van der Waals surface area (Å²) in [6, 6.07) is 3.37. The van der Waals surface area contributed by atoms with Crippen LogP contribution in [0.1, 0.15) is 78.7 Å². The lowest BCUT2D eigenvalue weighted by molar-refractivity contribution is 0.101. The van der Waals surface area contributed by atoms with Gasteiger partial charge in [-0.2, -0.15) is 0 Å². The quantitative estimate of drug-likeness (QED) is 0.470. The normalized spacial score (nSPS) is 16.8. The number of anilines is 1. The number of nitrogens with zero attached hydrogens (tertiary/aromatic N) is 3. The van der Waals surface area contributed by atoms with Gasteiger partial charge in [-0.15, -0.1) is 0 Å².